The molecule has 220 valence electrons. The van der Waals surface area contributed by atoms with Crippen molar-refractivity contribution in [3.63, 3.8) is 0 Å². The number of hydrogen-bond donors (Lipinski definition) is 0. The first-order chi connectivity index (χ1) is 19.8. The Morgan fingerprint density at radius 3 is 2.36 bits per heavy atom. The molecule has 0 radical (unpaired) electrons. The van der Waals surface area contributed by atoms with Gasteiger partial charge in [0, 0.05) is 30.6 Å². The molecule has 5 rings (SSSR count). The second-order valence-corrected chi connectivity index (χ2v) is 9.20. The zero-order valence-corrected chi connectivity index (χ0v) is 21.9. The molecule has 4 aromatic heterocycles. The van der Waals surface area contributed by atoms with Crippen molar-refractivity contribution in [2.75, 3.05) is 6.61 Å². The summed E-state index contributed by atoms with van der Waals surface area (Å²) < 4.78 is 100. The summed E-state index contributed by atoms with van der Waals surface area (Å²) in [5.41, 5.74) is -0.749. The standard InChI is InChI=1S/C24H17ClF7N9O/c1-39-22(34-12-36-39)14-9-35-40(10-14)17(6-7-42-24(30,31)32)16-4-2-13(8-33-16)20-18(5-3-15(25)21(20)26)41-11-19(37-38-41)23(27,28)29/h2-5,8-12,17H,6-7H2,1H3. The SMILES string of the molecule is Cn1ncnc1-c1cnn(C(CCOC(F)(F)F)c2ccc(-c3c(-n4cc(C(F)(F)F)nn4)ccc(Cl)c3F)cn2)c1. The first-order valence-corrected chi connectivity index (χ1v) is 12.2. The van der Waals surface area contributed by atoms with Crippen LogP contribution in [0.1, 0.15) is 23.9 Å². The third-order valence-corrected chi connectivity index (χ3v) is 6.36. The van der Waals surface area contributed by atoms with E-state index in [0.717, 1.165) is 10.7 Å². The summed E-state index contributed by atoms with van der Waals surface area (Å²) >= 11 is 5.96. The Balaban J connectivity index is 1.51. The lowest BCUT2D eigenvalue weighted by atomic mass is 10.0. The molecule has 18 heteroatoms. The third-order valence-electron chi connectivity index (χ3n) is 6.07. The van der Waals surface area contributed by atoms with E-state index in [1.807, 2.05) is 0 Å². The molecule has 0 fully saturated rings. The van der Waals surface area contributed by atoms with Gasteiger partial charge in [0.05, 0.1) is 47.0 Å². The molecule has 1 unspecified atom stereocenters. The molecule has 4 heterocycles. The highest BCUT2D eigenvalue weighted by atomic mass is 35.5. The number of ether oxygens (including phenoxy) is 1. The van der Waals surface area contributed by atoms with Crippen LogP contribution in [0.5, 0.6) is 0 Å². The monoisotopic (exact) mass is 615 g/mol. The Labute approximate surface area is 236 Å². The molecule has 42 heavy (non-hydrogen) atoms. The fourth-order valence-electron chi connectivity index (χ4n) is 4.15. The van der Waals surface area contributed by atoms with Crippen LogP contribution in [0.3, 0.4) is 0 Å². The van der Waals surface area contributed by atoms with Crippen LogP contribution in [0.15, 0.2) is 55.4 Å². The van der Waals surface area contributed by atoms with Crippen molar-refractivity contribution in [1.82, 2.24) is 44.5 Å². The van der Waals surface area contributed by atoms with Gasteiger partial charge in [0.2, 0.25) is 0 Å². The van der Waals surface area contributed by atoms with E-state index in [2.05, 4.69) is 35.2 Å². The van der Waals surface area contributed by atoms with Gasteiger partial charge in [0.1, 0.15) is 6.33 Å². The van der Waals surface area contributed by atoms with Crippen molar-refractivity contribution in [3.05, 3.63) is 77.6 Å². The molecule has 0 saturated carbocycles. The number of aryl methyl sites for hydroxylation is 1. The Kier molecular flexibility index (Phi) is 7.72. The van der Waals surface area contributed by atoms with Gasteiger partial charge in [-0.2, -0.15) is 23.4 Å². The Bertz CT molecular complexity index is 1690. The molecule has 5 aromatic rings. The molecule has 0 spiro atoms. The van der Waals surface area contributed by atoms with Gasteiger partial charge in [-0.3, -0.25) is 14.4 Å². The number of aromatic nitrogens is 9. The summed E-state index contributed by atoms with van der Waals surface area (Å²) in [6.45, 7) is -0.725. The van der Waals surface area contributed by atoms with Crippen LogP contribution in [0.4, 0.5) is 30.7 Å². The van der Waals surface area contributed by atoms with E-state index in [1.54, 1.807) is 13.2 Å². The summed E-state index contributed by atoms with van der Waals surface area (Å²) in [6, 6.07) is 4.36. The minimum Gasteiger partial charge on any atom is -0.292 e. The highest BCUT2D eigenvalue weighted by molar-refractivity contribution is 6.31. The zero-order chi connectivity index (χ0) is 30.2. The largest absolute Gasteiger partial charge is 0.522 e. The number of alkyl halides is 6. The lowest BCUT2D eigenvalue weighted by Gasteiger charge is -2.19. The first kappa shape index (κ1) is 29.1. The quantitative estimate of drug-likeness (QED) is 0.208. The Hall–Kier alpha value is -4.38. The lowest BCUT2D eigenvalue weighted by Crippen LogP contribution is -2.19. The zero-order valence-electron chi connectivity index (χ0n) is 21.1. The van der Waals surface area contributed by atoms with Crippen LogP contribution < -0.4 is 0 Å². The minimum absolute atomic E-state index is 0.100. The maximum absolute atomic E-state index is 15.3. The molecule has 1 aromatic carbocycles. The highest BCUT2D eigenvalue weighted by Gasteiger charge is 2.35. The molecule has 10 nitrogen and oxygen atoms in total. The molecule has 0 aliphatic carbocycles. The summed E-state index contributed by atoms with van der Waals surface area (Å²) in [6.07, 6.45) is -3.71. The molecule has 0 N–H and O–H groups in total. The van der Waals surface area contributed by atoms with E-state index in [-0.39, 0.29) is 34.0 Å². The minimum atomic E-state index is -4.86. The van der Waals surface area contributed by atoms with Crippen molar-refractivity contribution < 1.29 is 35.5 Å². The maximum Gasteiger partial charge on any atom is 0.522 e. The van der Waals surface area contributed by atoms with Gasteiger partial charge >= 0.3 is 12.5 Å². The number of benzene rings is 1. The molecule has 0 saturated heterocycles. The summed E-state index contributed by atoms with van der Waals surface area (Å²) in [4.78, 5) is 8.44. The van der Waals surface area contributed by atoms with Gasteiger partial charge in [-0.15, -0.1) is 18.3 Å². The van der Waals surface area contributed by atoms with Gasteiger partial charge in [-0.25, -0.2) is 18.7 Å². The lowest BCUT2D eigenvalue weighted by molar-refractivity contribution is -0.325. The van der Waals surface area contributed by atoms with Crippen LogP contribution in [-0.4, -0.2) is 57.5 Å². The second kappa shape index (κ2) is 11.1. The van der Waals surface area contributed by atoms with E-state index < -0.39 is 36.7 Å². The third kappa shape index (κ3) is 6.11. The van der Waals surface area contributed by atoms with E-state index in [1.165, 1.54) is 46.3 Å². The van der Waals surface area contributed by atoms with E-state index in [4.69, 9.17) is 11.6 Å². The molecular weight excluding hydrogens is 599 g/mol. The summed E-state index contributed by atoms with van der Waals surface area (Å²) in [5, 5.41) is 14.5. The Morgan fingerprint density at radius 1 is 0.952 bits per heavy atom. The average Bonchev–Trinajstić information content (AvgIpc) is 3.69. The second-order valence-electron chi connectivity index (χ2n) is 8.79. The van der Waals surface area contributed by atoms with E-state index >= 15 is 4.39 Å². The summed E-state index contributed by atoms with van der Waals surface area (Å²) in [7, 11) is 1.65. The van der Waals surface area contributed by atoms with Crippen molar-refractivity contribution in [2.24, 2.45) is 7.05 Å². The van der Waals surface area contributed by atoms with Crippen molar-refractivity contribution in [2.45, 2.75) is 25.0 Å². The van der Waals surface area contributed by atoms with Gasteiger partial charge in [-0.05, 0) is 24.6 Å². The predicted molar refractivity (Wildman–Crippen MR) is 132 cm³/mol. The van der Waals surface area contributed by atoms with Gasteiger partial charge < -0.3 is 0 Å². The molecule has 0 amide bonds. The predicted octanol–water partition coefficient (Wildman–Crippen LogP) is 5.65. The Morgan fingerprint density at radius 2 is 1.74 bits per heavy atom. The first-order valence-electron chi connectivity index (χ1n) is 11.9. The molecule has 0 aliphatic heterocycles. The van der Waals surface area contributed by atoms with Crippen LogP contribution in [0, 0.1) is 5.82 Å². The van der Waals surface area contributed by atoms with E-state index in [9.17, 15) is 26.3 Å². The molecule has 1 atom stereocenters. The van der Waals surface area contributed by atoms with Crippen LogP contribution in [-0.2, 0) is 18.0 Å². The van der Waals surface area contributed by atoms with Crippen molar-refractivity contribution >= 4 is 11.6 Å². The number of halogens is 8. The number of rotatable bonds is 8. The fraction of sp³-hybridized carbons (Fsp3) is 0.250. The summed E-state index contributed by atoms with van der Waals surface area (Å²) in [5.74, 6) is -0.496. The van der Waals surface area contributed by atoms with Crippen LogP contribution in [0.25, 0.3) is 28.2 Å². The van der Waals surface area contributed by atoms with Crippen LogP contribution in [0.2, 0.25) is 5.02 Å². The topological polar surface area (TPSA) is 101 Å². The van der Waals surface area contributed by atoms with Crippen LogP contribution >= 0.6 is 11.6 Å². The maximum atomic E-state index is 15.3. The molecule has 0 aliphatic rings. The van der Waals surface area contributed by atoms with Crippen molar-refractivity contribution in [3.8, 4) is 28.2 Å². The van der Waals surface area contributed by atoms with Crippen molar-refractivity contribution in [1.29, 1.82) is 0 Å². The fourth-order valence-corrected chi connectivity index (χ4v) is 4.31. The average molecular weight is 616 g/mol. The van der Waals surface area contributed by atoms with E-state index in [0.29, 0.717) is 17.6 Å². The van der Waals surface area contributed by atoms with Gasteiger partial charge in [0.25, 0.3) is 0 Å². The van der Waals surface area contributed by atoms with Gasteiger partial charge in [-0.1, -0.05) is 22.9 Å². The highest BCUT2D eigenvalue weighted by Crippen LogP contribution is 2.35. The van der Waals surface area contributed by atoms with Gasteiger partial charge in [0.15, 0.2) is 17.3 Å². The molecule has 0 bridgehead atoms. The molecular formula is C24H17ClF7N9O. The normalized spacial score (nSPS) is 13.1. The number of nitrogens with zero attached hydrogens (tertiary/aromatic N) is 9. The smallest absolute Gasteiger partial charge is 0.292 e. The number of pyridine rings is 1. The number of hydrogen-bond acceptors (Lipinski definition) is 7.